The van der Waals surface area contributed by atoms with Gasteiger partial charge < -0.3 is 16.0 Å². The maximum absolute atomic E-state index is 13.2. The smallest absolute Gasteiger partial charge is 0.251 e. The van der Waals surface area contributed by atoms with Gasteiger partial charge in [0.05, 0.1) is 0 Å². The zero-order valence-corrected chi connectivity index (χ0v) is 17.1. The highest BCUT2D eigenvalue weighted by atomic mass is 16.2. The van der Waals surface area contributed by atoms with Crippen molar-refractivity contribution in [3.8, 4) is 0 Å². The van der Waals surface area contributed by atoms with Gasteiger partial charge in [-0.2, -0.15) is 0 Å². The van der Waals surface area contributed by atoms with Crippen LogP contribution in [0.15, 0.2) is 60.7 Å². The molecule has 2 amide bonds. The lowest BCUT2D eigenvalue weighted by Crippen LogP contribution is -2.55. The van der Waals surface area contributed by atoms with E-state index in [0.717, 1.165) is 38.8 Å². The van der Waals surface area contributed by atoms with E-state index in [-0.39, 0.29) is 23.8 Å². The first-order valence-electron chi connectivity index (χ1n) is 10.5. The second-order valence-electron chi connectivity index (χ2n) is 7.83. The number of nitrogens with one attached hydrogen (secondary N) is 3. The zero-order valence-electron chi connectivity index (χ0n) is 17.1. The topological polar surface area (TPSA) is 70.2 Å². The summed E-state index contributed by atoms with van der Waals surface area (Å²) in [5, 5.41) is 9.46. The van der Waals surface area contributed by atoms with Crippen LogP contribution in [0.1, 0.15) is 30.9 Å². The van der Waals surface area contributed by atoms with Crippen molar-refractivity contribution in [2.75, 3.05) is 13.1 Å². The molecule has 1 fully saturated rings. The van der Waals surface area contributed by atoms with Crippen molar-refractivity contribution in [1.29, 1.82) is 0 Å². The predicted octanol–water partition coefficient (Wildman–Crippen LogP) is 2.44. The lowest BCUT2D eigenvalue weighted by atomic mass is 9.89. The molecular formula is C24H31N3O2. The summed E-state index contributed by atoms with van der Waals surface area (Å²) < 4.78 is 0. The summed E-state index contributed by atoms with van der Waals surface area (Å²) in [6.45, 7) is 7.47. The molecule has 1 aromatic rings. The lowest BCUT2D eigenvalue weighted by Gasteiger charge is -2.31. The van der Waals surface area contributed by atoms with E-state index in [0.29, 0.717) is 5.57 Å². The summed E-state index contributed by atoms with van der Waals surface area (Å²) in [6, 6.07) is 7.85. The van der Waals surface area contributed by atoms with Crippen LogP contribution in [0.25, 0.3) is 0 Å². The Bertz CT molecular complexity index is 781. The molecule has 0 radical (unpaired) electrons. The van der Waals surface area contributed by atoms with Crippen molar-refractivity contribution in [3.63, 3.8) is 0 Å². The van der Waals surface area contributed by atoms with Gasteiger partial charge in [-0.25, -0.2) is 0 Å². The molecule has 1 saturated heterocycles. The summed E-state index contributed by atoms with van der Waals surface area (Å²) in [6.07, 6.45) is 10.6. The Morgan fingerprint density at radius 1 is 1.14 bits per heavy atom. The third-order valence-corrected chi connectivity index (χ3v) is 5.71. The Kier molecular flexibility index (Phi) is 7.42. The number of fused-ring (bicyclic) bond motifs is 1. The van der Waals surface area contributed by atoms with Crippen LogP contribution in [0.5, 0.6) is 0 Å². The van der Waals surface area contributed by atoms with Crippen molar-refractivity contribution in [2.24, 2.45) is 5.92 Å². The molecule has 0 aromatic heterocycles. The highest BCUT2D eigenvalue weighted by Gasteiger charge is 2.33. The molecule has 1 aromatic carbocycles. The number of carbonyl (C=O) groups is 2. The minimum Gasteiger partial charge on any atom is -0.351 e. The van der Waals surface area contributed by atoms with Gasteiger partial charge >= 0.3 is 0 Å². The van der Waals surface area contributed by atoms with E-state index in [9.17, 15) is 9.59 Å². The largest absolute Gasteiger partial charge is 0.351 e. The number of hydrogen-bond donors (Lipinski definition) is 3. The lowest BCUT2D eigenvalue weighted by molar-refractivity contribution is -0.129. The van der Waals surface area contributed by atoms with Gasteiger partial charge in [0, 0.05) is 11.6 Å². The van der Waals surface area contributed by atoms with Crippen molar-refractivity contribution >= 4 is 11.8 Å². The number of benzene rings is 1. The van der Waals surface area contributed by atoms with Crippen LogP contribution in [-0.2, 0) is 22.4 Å². The fourth-order valence-corrected chi connectivity index (χ4v) is 4.12. The van der Waals surface area contributed by atoms with E-state index < -0.39 is 6.04 Å². The predicted molar refractivity (Wildman–Crippen MR) is 116 cm³/mol. The molecule has 3 rings (SSSR count). The number of piperidine rings is 1. The first-order chi connectivity index (χ1) is 14.1. The number of hydrogen-bond acceptors (Lipinski definition) is 3. The molecule has 1 heterocycles. The van der Waals surface area contributed by atoms with Gasteiger partial charge in [0.25, 0.3) is 5.91 Å². The maximum Gasteiger partial charge on any atom is 0.251 e. The van der Waals surface area contributed by atoms with Gasteiger partial charge in [0.15, 0.2) is 0 Å². The molecule has 0 saturated carbocycles. The van der Waals surface area contributed by atoms with E-state index in [1.165, 1.54) is 11.1 Å². The minimum absolute atomic E-state index is 0.0822. The van der Waals surface area contributed by atoms with Crippen molar-refractivity contribution < 1.29 is 9.59 Å². The second kappa shape index (κ2) is 10.2. The quantitative estimate of drug-likeness (QED) is 0.492. The van der Waals surface area contributed by atoms with E-state index in [1.54, 1.807) is 12.2 Å². The highest BCUT2D eigenvalue weighted by Crippen LogP contribution is 2.23. The Balaban J connectivity index is 1.65. The van der Waals surface area contributed by atoms with E-state index in [4.69, 9.17) is 0 Å². The Hall–Kier alpha value is -2.66. The van der Waals surface area contributed by atoms with Gasteiger partial charge in [-0.3, -0.25) is 9.59 Å². The Morgan fingerprint density at radius 2 is 1.79 bits per heavy atom. The van der Waals surface area contributed by atoms with Crippen molar-refractivity contribution in [3.05, 3.63) is 71.8 Å². The van der Waals surface area contributed by atoms with Crippen LogP contribution in [0.4, 0.5) is 0 Å². The van der Waals surface area contributed by atoms with Gasteiger partial charge in [-0.15, -0.1) is 0 Å². The minimum atomic E-state index is -0.542. The summed E-state index contributed by atoms with van der Waals surface area (Å²) in [4.78, 5) is 25.8. The number of rotatable bonds is 7. The summed E-state index contributed by atoms with van der Waals surface area (Å²) >= 11 is 0. The highest BCUT2D eigenvalue weighted by molar-refractivity contribution is 5.98. The molecule has 0 spiro atoms. The van der Waals surface area contributed by atoms with E-state index >= 15 is 0 Å². The van der Waals surface area contributed by atoms with Crippen LogP contribution in [0.2, 0.25) is 0 Å². The van der Waals surface area contributed by atoms with E-state index in [1.807, 2.05) is 31.2 Å². The monoisotopic (exact) mass is 393 g/mol. The third-order valence-electron chi connectivity index (χ3n) is 5.71. The molecule has 1 aliphatic carbocycles. The third kappa shape index (κ3) is 5.67. The molecule has 29 heavy (non-hydrogen) atoms. The molecule has 2 aliphatic rings. The SMILES string of the molecule is C=C(/C=C\C=C/C)C(=O)NC(C(=O)NC1Cc2ccccc2C1)C1CCNCC1. The maximum atomic E-state index is 13.2. The van der Waals surface area contributed by atoms with Crippen LogP contribution in [0.3, 0.4) is 0 Å². The molecule has 0 bridgehead atoms. The average Bonchev–Trinajstić information content (AvgIpc) is 3.14. The molecule has 1 unspecified atom stereocenters. The van der Waals surface area contributed by atoms with Gasteiger partial charge in [-0.05, 0) is 62.7 Å². The zero-order chi connectivity index (χ0) is 20.6. The summed E-state index contributed by atoms with van der Waals surface area (Å²) in [7, 11) is 0. The van der Waals surface area contributed by atoms with Crippen LogP contribution < -0.4 is 16.0 Å². The second-order valence-corrected chi connectivity index (χ2v) is 7.83. The van der Waals surface area contributed by atoms with Crippen LogP contribution in [-0.4, -0.2) is 37.0 Å². The average molecular weight is 394 g/mol. The molecule has 1 aliphatic heterocycles. The fraction of sp³-hybridized carbons (Fsp3) is 0.417. The first-order valence-corrected chi connectivity index (χ1v) is 10.5. The van der Waals surface area contributed by atoms with Gasteiger partial charge in [0.1, 0.15) is 6.04 Å². The van der Waals surface area contributed by atoms with Crippen molar-refractivity contribution in [2.45, 2.75) is 44.7 Å². The molecule has 5 heteroatoms. The van der Waals surface area contributed by atoms with Crippen molar-refractivity contribution in [1.82, 2.24) is 16.0 Å². The van der Waals surface area contributed by atoms with Crippen LogP contribution in [0, 0.1) is 5.92 Å². The molecule has 1 atom stereocenters. The number of carbonyl (C=O) groups excluding carboxylic acids is 2. The standard InChI is InChI=1S/C24H31N3O2/c1-3-4-5-8-17(2)23(28)27-22(18-11-13-25-14-12-18)24(29)26-21-15-19-9-6-7-10-20(19)16-21/h3-10,18,21-22,25H,2,11-16H2,1H3,(H,26,29)(H,27,28)/b4-3-,8-5-. The van der Waals surface area contributed by atoms with Crippen LogP contribution >= 0.6 is 0 Å². The van der Waals surface area contributed by atoms with Gasteiger partial charge in [0.2, 0.25) is 5.91 Å². The fourth-order valence-electron chi connectivity index (χ4n) is 4.12. The molecule has 5 nitrogen and oxygen atoms in total. The molecule has 154 valence electrons. The summed E-state index contributed by atoms with van der Waals surface area (Å²) in [5.41, 5.74) is 2.94. The Morgan fingerprint density at radius 3 is 2.41 bits per heavy atom. The Labute approximate surface area is 173 Å². The molecule has 3 N–H and O–H groups in total. The number of amides is 2. The number of allylic oxidation sites excluding steroid dienone is 3. The van der Waals surface area contributed by atoms with E-state index in [2.05, 4.69) is 34.7 Å². The normalized spacial score (nSPS) is 18.7. The summed E-state index contributed by atoms with van der Waals surface area (Å²) in [5.74, 6) is -0.260. The van der Waals surface area contributed by atoms with Gasteiger partial charge in [-0.1, -0.05) is 55.1 Å². The first kappa shape index (κ1) is 21.1. The molecular weight excluding hydrogens is 362 g/mol.